The van der Waals surface area contributed by atoms with Crippen molar-refractivity contribution in [3.05, 3.63) is 72.1 Å². The molecule has 0 amide bonds. The molecule has 1 aromatic heterocycles. The van der Waals surface area contributed by atoms with Crippen molar-refractivity contribution in [2.45, 2.75) is 33.2 Å². The number of aromatic hydroxyl groups is 1. The molecule has 4 rings (SSSR count). The number of carbonyl (C=O) groups is 1. The van der Waals surface area contributed by atoms with E-state index in [1.807, 2.05) is 36.4 Å². The first kappa shape index (κ1) is 23.2. The highest BCUT2D eigenvalue weighted by Gasteiger charge is 2.16. The number of para-hydroxylation sites is 1. The van der Waals surface area contributed by atoms with Gasteiger partial charge in [0.05, 0.1) is 18.1 Å². The molecule has 0 unspecified atom stereocenters. The summed E-state index contributed by atoms with van der Waals surface area (Å²) in [4.78, 5) is 15.9. The number of rotatable bonds is 8. The Labute approximate surface area is 198 Å². The molecule has 0 aliphatic rings. The van der Waals surface area contributed by atoms with Gasteiger partial charge in [-0.15, -0.1) is 0 Å². The highest BCUT2D eigenvalue weighted by atomic mass is 16.7. The molecule has 0 radical (unpaired) electrons. The molecule has 0 atom stereocenters. The van der Waals surface area contributed by atoms with Crippen molar-refractivity contribution < 1.29 is 24.5 Å². The molecule has 4 aromatic rings. The second-order valence-corrected chi connectivity index (χ2v) is 8.62. The minimum absolute atomic E-state index is 0.0805. The number of nitrogens with zero attached hydrogens (tertiary/aromatic N) is 2. The fourth-order valence-electron chi connectivity index (χ4n) is 4.00. The number of ether oxygens (including phenoxy) is 2. The van der Waals surface area contributed by atoms with Crippen molar-refractivity contribution >= 4 is 17.2 Å². The number of aryl methyl sites for hydroxylation is 1. The molecule has 0 bridgehead atoms. The van der Waals surface area contributed by atoms with Crippen LogP contribution in [0.15, 0.2) is 60.7 Å². The van der Waals surface area contributed by atoms with Crippen LogP contribution in [0.3, 0.4) is 0 Å². The molecule has 0 aliphatic heterocycles. The van der Waals surface area contributed by atoms with Gasteiger partial charge in [0, 0.05) is 30.7 Å². The lowest BCUT2D eigenvalue weighted by atomic mass is 10.0. The van der Waals surface area contributed by atoms with Crippen LogP contribution in [0, 0.1) is 5.92 Å². The first-order valence-electron chi connectivity index (χ1n) is 11.2. The molecule has 7 heteroatoms. The van der Waals surface area contributed by atoms with Gasteiger partial charge in [-0.1, -0.05) is 56.3 Å². The van der Waals surface area contributed by atoms with Crippen LogP contribution in [0.4, 0.5) is 4.79 Å². The summed E-state index contributed by atoms with van der Waals surface area (Å²) in [6, 6.07) is 18.4. The van der Waals surface area contributed by atoms with Crippen molar-refractivity contribution in [1.82, 2.24) is 9.55 Å². The number of hydrogen-bond acceptors (Lipinski definition) is 5. The summed E-state index contributed by atoms with van der Waals surface area (Å²) in [5, 5.41) is 19.4. The molecule has 0 fully saturated rings. The molecule has 176 valence electrons. The summed E-state index contributed by atoms with van der Waals surface area (Å²) in [6.45, 7) is 4.96. The van der Waals surface area contributed by atoms with Crippen LogP contribution in [0.25, 0.3) is 22.2 Å². The molecular formula is C27H28N2O5. The minimum atomic E-state index is -1.34. The Morgan fingerprint density at radius 1 is 1.06 bits per heavy atom. The van der Waals surface area contributed by atoms with E-state index in [-0.39, 0.29) is 5.75 Å². The maximum absolute atomic E-state index is 11.0. The zero-order valence-corrected chi connectivity index (χ0v) is 19.5. The Morgan fingerprint density at radius 2 is 1.79 bits per heavy atom. The Morgan fingerprint density at radius 3 is 2.47 bits per heavy atom. The summed E-state index contributed by atoms with van der Waals surface area (Å²) >= 11 is 0. The number of phenols is 1. The van der Waals surface area contributed by atoms with Crippen LogP contribution >= 0.6 is 0 Å². The number of phenolic OH excluding ortho intramolecular Hbond substituents is 1. The van der Waals surface area contributed by atoms with Crippen molar-refractivity contribution in [3.63, 3.8) is 0 Å². The standard InChI is InChI=1S/C27H28N2O5/c1-17(2)8-13-26-28-21-14-25(33-3)23(30)15-22(21)29(26)16-18-9-11-19(12-10-18)20-6-4-5-7-24(20)34-27(31)32/h4-7,9-12,14-15,17,30H,8,13,16H2,1-3H3,(H,31,32). The third kappa shape index (κ3) is 4.98. The summed E-state index contributed by atoms with van der Waals surface area (Å²) in [5.74, 6) is 2.28. The average Bonchev–Trinajstić information content (AvgIpc) is 3.13. The number of imidazole rings is 1. The molecule has 0 saturated carbocycles. The van der Waals surface area contributed by atoms with Crippen molar-refractivity contribution in [3.8, 4) is 28.4 Å². The van der Waals surface area contributed by atoms with Crippen LogP contribution < -0.4 is 9.47 Å². The number of fused-ring (bicyclic) bond motifs is 1. The summed E-state index contributed by atoms with van der Waals surface area (Å²) < 4.78 is 12.3. The van der Waals surface area contributed by atoms with E-state index in [1.54, 1.807) is 24.3 Å². The van der Waals surface area contributed by atoms with E-state index in [2.05, 4.69) is 18.4 Å². The normalized spacial score (nSPS) is 11.2. The van der Waals surface area contributed by atoms with Crippen LogP contribution in [-0.2, 0) is 13.0 Å². The SMILES string of the molecule is COc1cc2nc(CCC(C)C)n(Cc3ccc(-c4ccccc4OC(=O)O)cc3)c2cc1O. The zero-order valence-electron chi connectivity index (χ0n) is 19.5. The smallest absolute Gasteiger partial charge is 0.504 e. The molecule has 0 spiro atoms. The molecule has 0 aliphatic carbocycles. The number of benzene rings is 3. The number of aromatic nitrogens is 2. The topological polar surface area (TPSA) is 93.8 Å². The lowest BCUT2D eigenvalue weighted by molar-refractivity contribution is 0.144. The van der Waals surface area contributed by atoms with Gasteiger partial charge in [-0.2, -0.15) is 0 Å². The predicted octanol–water partition coefficient (Wildman–Crippen LogP) is 6.11. The van der Waals surface area contributed by atoms with Crippen molar-refractivity contribution in [2.75, 3.05) is 7.11 Å². The third-order valence-electron chi connectivity index (χ3n) is 5.76. The fourth-order valence-corrected chi connectivity index (χ4v) is 4.00. The van der Waals surface area contributed by atoms with Gasteiger partial charge in [-0.05, 0) is 29.5 Å². The van der Waals surface area contributed by atoms with Gasteiger partial charge >= 0.3 is 6.16 Å². The fraction of sp³-hybridized carbons (Fsp3) is 0.259. The van der Waals surface area contributed by atoms with E-state index in [1.165, 1.54) is 7.11 Å². The Balaban J connectivity index is 1.68. The van der Waals surface area contributed by atoms with Crippen LogP contribution in [0.5, 0.6) is 17.2 Å². The van der Waals surface area contributed by atoms with Crippen molar-refractivity contribution in [2.24, 2.45) is 5.92 Å². The highest BCUT2D eigenvalue weighted by molar-refractivity contribution is 5.81. The molecule has 2 N–H and O–H groups in total. The summed E-state index contributed by atoms with van der Waals surface area (Å²) in [7, 11) is 1.53. The van der Waals surface area contributed by atoms with E-state index in [4.69, 9.17) is 19.6 Å². The second-order valence-electron chi connectivity index (χ2n) is 8.62. The molecule has 7 nitrogen and oxygen atoms in total. The molecule has 1 heterocycles. The maximum Gasteiger partial charge on any atom is 0.511 e. The maximum atomic E-state index is 11.0. The first-order chi connectivity index (χ1) is 16.4. The summed E-state index contributed by atoms with van der Waals surface area (Å²) in [5.41, 5.74) is 4.25. The van der Waals surface area contributed by atoms with Crippen LogP contribution in [-0.4, -0.2) is 33.0 Å². The third-order valence-corrected chi connectivity index (χ3v) is 5.76. The first-order valence-corrected chi connectivity index (χ1v) is 11.2. The minimum Gasteiger partial charge on any atom is -0.504 e. The molecule has 0 saturated heterocycles. The van der Waals surface area contributed by atoms with Crippen LogP contribution in [0.2, 0.25) is 0 Å². The highest BCUT2D eigenvalue weighted by Crippen LogP contribution is 2.33. The Hall–Kier alpha value is -4.00. The van der Waals surface area contributed by atoms with Gasteiger partial charge < -0.3 is 24.3 Å². The second kappa shape index (κ2) is 9.87. The lowest BCUT2D eigenvalue weighted by Gasteiger charge is -2.12. The molecule has 34 heavy (non-hydrogen) atoms. The van der Waals surface area contributed by atoms with E-state index >= 15 is 0 Å². The Kier molecular flexibility index (Phi) is 6.72. The zero-order chi connectivity index (χ0) is 24.2. The van der Waals surface area contributed by atoms with E-state index in [9.17, 15) is 9.90 Å². The van der Waals surface area contributed by atoms with E-state index < -0.39 is 6.16 Å². The lowest BCUT2D eigenvalue weighted by Crippen LogP contribution is -2.07. The number of hydrogen-bond donors (Lipinski definition) is 2. The van der Waals surface area contributed by atoms with Gasteiger partial charge in [0.25, 0.3) is 0 Å². The summed E-state index contributed by atoms with van der Waals surface area (Å²) in [6.07, 6.45) is 0.490. The van der Waals surface area contributed by atoms with Crippen molar-refractivity contribution in [1.29, 1.82) is 0 Å². The monoisotopic (exact) mass is 460 g/mol. The van der Waals surface area contributed by atoms with Crippen LogP contribution in [0.1, 0.15) is 31.7 Å². The predicted molar refractivity (Wildman–Crippen MR) is 131 cm³/mol. The van der Waals surface area contributed by atoms with Gasteiger partial charge in [-0.25, -0.2) is 9.78 Å². The average molecular weight is 461 g/mol. The van der Waals surface area contributed by atoms with Gasteiger partial charge in [-0.3, -0.25) is 0 Å². The van der Waals surface area contributed by atoms with Gasteiger partial charge in [0.1, 0.15) is 11.6 Å². The quantitative estimate of drug-likeness (QED) is 0.243. The Bertz CT molecular complexity index is 1310. The van der Waals surface area contributed by atoms with Gasteiger partial charge in [0.2, 0.25) is 0 Å². The number of carboxylic acid groups (broad SMARTS) is 1. The molecular weight excluding hydrogens is 432 g/mol. The van der Waals surface area contributed by atoms with E-state index in [0.29, 0.717) is 29.5 Å². The molecule has 3 aromatic carbocycles. The van der Waals surface area contributed by atoms with E-state index in [0.717, 1.165) is 40.8 Å². The largest absolute Gasteiger partial charge is 0.511 e. The number of methoxy groups -OCH3 is 1. The van der Waals surface area contributed by atoms with Gasteiger partial charge in [0.15, 0.2) is 11.5 Å².